The highest BCUT2D eigenvalue weighted by Crippen LogP contribution is 2.21. The van der Waals surface area contributed by atoms with E-state index in [-0.39, 0.29) is 11.7 Å². The van der Waals surface area contributed by atoms with Gasteiger partial charge in [-0.2, -0.15) is 8.42 Å². The van der Waals surface area contributed by atoms with Crippen molar-refractivity contribution in [1.29, 1.82) is 0 Å². The third-order valence-corrected chi connectivity index (χ3v) is 3.94. The molecule has 1 aromatic rings. The normalized spacial score (nSPS) is 12.3. The number of hydrogen-bond donors (Lipinski definition) is 0. The summed E-state index contributed by atoms with van der Waals surface area (Å²) in [6.45, 7) is 11.2. The number of carbonyl (C=O) groups excluding carboxylic acids is 1. The van der Waals surface area contributed by atoms with Crippen LogP contribution in [-0.4, -0.2) is 32.0 Å². The Morgan fingerprint density at radius 1 is 1.17 bits per heavy atom. The van der Waals surface area contributed by atoms with Gasteiger partial charge in [-0.3, -0.25) is 4.79 Å². The van der Waals surface area contributed by atoms with Gasteiger partial charge < -0.3 is 9.08 Å². The van der Waals surface area contributed by atoms with Gasteiger partial charge in [0, 0.05) is 18.5 Å². The number of hydrogen-bond acceptors (Lipinski definition) is 4. The first kappa shape index (κ1) is 20.5. The summed E-state index contributed by atoms with van der Waals surface area (Å²) in [6.07, 6.45) is 1.95. The zero-order valence-electron chi connectivity index (χ0n) is 15.5. The molecule has 136 valence electrons. The zero-order chi connectivity index (χ0) is 18.5. The van der Waals surface area contributed by atoms with Crippen LogP contribution < -0.4 is 4.18 Å². The van der Waals surface area contributed by atoms with Crippen LogP contribution in [0.5, 0.6) is 5.75 Å². The molecule has 0 aliphatic heterocycles. The number of benzene rings is 1. The van der Waals surface area contributed by atoms with Gasteiger partial charge in [-0.15, -0.1) is 0 Å². The van der Waals surface area contributed by atoms with Gasteiger partial charge in [0.05, 0.1) is 6.26 Å². The van der Waals surface area contributed by atoms with E-state index in [9.17, 15) is 13.2 Å². The largest absolute Gasteiger partial charge is 0.383 e. The van der Waals surface area contributed by atoms with Crippen LogP contribution in [0.25, 0.3) is 0 Å². The van der Waals surface area contributed by atoms with Gasteiger partial charge in [0.2, 0.25) is 5.91 Å². The molecular formula is C18H29NO4S. The van der Waals surface area contributed by atoms with Crippen LogP contribution in [0.3, 0.4) is 0 Å². The maximum atomic E-state index is 12.7. The smallest absolute Gasteiger partial charge is 0.306 e. The Morgan fingerprint density at radius 3 is 2.12 bits per heavy atom. The molecular weight excluding hydrogens is 326 g/mol. The summed E-state index contributed by atoms with van der Waals surface area (Å²) >= 11 is 0. The molecule has 0 fully saturated rings. The molecule has 0 aromatic heterocycles. The Balaban J connectivity index is 2.87. The highest BCUT2D eigenvalue weighted by Gasteiger charge is 2.27. The summed E-state index contributed by atoms with van der Waals surface area (Å²) < 4.78 is 27.1. The molecule has 1 rings (SSSR count). The maximum absolute atomic E-state index is 12.7. The van der Waals surface area contributed by atoms with E-state index in [4.69, 9.17) is 4.18 Å². The fourth-order valence-corrected chi connectivity index (χ4v) is 2.65. The molecule has 5 nitrogen and oxygen atoms in total. The van der Waals surface area contributed by atoms with E-state index in [0.29, 0.717) is 19.0 Å². The summed E-state index contributed by atoms with van der Waals surface area (Å²) in [5.41, 5.74) is 0.508. The molecule has 0 bridgehead atoms. The highest BCUT2D eigenvalue weighted by atomic mass is 32.2. The minimum absolute atomic E-state index is 0.111. The number of carbonyl (C=O) groups is 1. The molecule has 0 heterocycles. The van der Waals surface area contributed by atoms with Crippen molar-refractivity contribution < 1.29 is 17.4 Å². The standard InChI is InChI=1S/C18H29NO4S/c1-14(2)11-12-19(17(20)18(3,4)5)13-15-7-9-16(10-8-15)23-24(6,21)22/h7-10,14H,11-13H2,1-6H3. The molecule has 0 aliphatic carbocycles. The van der Waals surface area contributed by atoms with Gasteiger partial charge >= 0.3 is 10.1 Å². The molecule has 0 spiro atoms. The second-order valence-corrected chi connectivity index (χ2v) is 9.17. The third-order valence-electron chi connectivity index (χ3n) is 3.45. The third kappa shape index (κ3) is 7.34. The summed E-state index contributed by atoms with van der Waals surface area (Å²) in [5.74, 6) is 0.905. The average Bonchev–Trinajstić information content (AvgIpc) is 2.41. The van der Waals surface area contributed by atoms with Gasteiger partial charge in [0.15, 0.2) is 0 Å². The van der Waals surface area contributed by atoms with Crippen molar-refractivity contribution in [3.05, 3.63) is 29.8 Å². The average molecular weight is 356 g/mol. The summed E-state index contributed by atoms with van der Waals surface area (Å²) in [6, 6.07) is 6.80. The van der Waals surface area contributed by atoms with Crippen molar-refractivity contribution in [1.82, 2.24) is 4.90 Å². The molecule has 0 saturated heterocycles. The molecule has 0 saturated carbocycles. The number of nitrogens with zero attached hydrogens (tertiary/aromatic N) is 1. The Hall–Kier alpha value is -1.56. The Bertz CT molecular complexity index is 643. The van der Waals surface area contributed by atoms with Gasteiger partial charge in [-0.05, 0) is 30.0 Å². The first-order valence-corrected chi connectivity index (χ1v) is 9.98. The highest BCUT2D eigenvalue weighted by molar-refractivity contribution is 7.86. The monoisotopic (exact) mass is 355 g/mol. The second kappa shape index (κ2) is 8.01. The number of rotatable bonds is 7. The van der Waals surface area contributed by atoms with Crippen LogP contribution in [0.15, 0.2) is 24.3 Å². The summed E-state index contributed by atoms with van der Waals surface area (Å²) in [5, 5.41) is 0. The van der Waals surface area contributed by atoms with Crippen molar-refractivity contribution in [2.24, 2.45) is 11.3 Å². The molecule has 0 atom stereocenters. The van der Waals surface area contributed by atoms with E-state index in [1.807, 2.05) is 25.7 Å². The van der Waals surface area contributed by atoms with Crippen molar-refractivity contribution in [2.45, 2.75) is 47.6 Å². The van der Waals surface area contributed by atoms with Crippen molar-refractivity contribution in [3.63, 3.8) is 0 Å². The van der Waals surface area contributed by atoms with Gasteiger partial charge in [0.25, 0.3) is 0 Å². The van der Waals surface area contributed by atoms with Crippen LogP contribution in [0.1, 0.15) is 46.6 Å². The van der Waals surface area contributed by atoms with E-state index < -0.39 is 15.5 Å². The molecule has 0 radical (unpaired) electrons. The lowest BCUT2D eigenvalue weighted by molar-refractivity contribution is -0.140. The van der Waals surface area contributed by atoms with Gasteiger partial charge in [0.1, 0.15) is 5.75 Å². The predicted octanol–water partition coefficient (Wildman–Crippen LogP) is 3.45. The first-order valence-electron chi connectivity index (χ1n) is 8.16. The van der Waals surface area contributed by atoms with Crippen LogP contribution in [-0.2, 0) is 21.5 Å². The molecule has 0 N–H and O–H groups in total. The topological polar surface area (TPSA) is 63.7 Å². The van der Waals surface area contributed by atoms with Crippen molar-refractivity contribution >= 4 is 16.0 Å². The lowest BCUT2D eigenvalue weighted by Crippen LogP contribution is -2.40. The van der Waals surface area contributed by atoms with Crippen molar-refractivity contribution in [2.75, 3.05) is 12.8 Å². The van der Waals surface area contributed by atoms with Gasteiger partial charge in [-0.1, -0.05) is 46.8 Å². The van der Waals surface area contributed by atoms with E-state index in [1.54, 1.807) is 24.3 Å². The zero-order valence-corrected chi connectivity index (χ0v) is 16.3. The Morgan fingerprint density at radius 2 is 1.71 bits per heavy atom. The van der Waals surface area contributed by atoms with E-state index in [0.717, 1.165) is 18.2 Å². The fraction of sp³-hybridized carbons (Fsp3) is 0.611. The van der Waals surface area contributed by atoms with E-state index >= 15 is 0 Å². The van der Waals surface area contributed by atoms with Crippen LogP contribution in [0.4, 0.5) is 0 Å². The van der Waals surface area contributed by atoms with Gasteiger partial charge in [-0.25, -0.2) is 0 Å². The first-order chi connectivity index (χ1) is 10.9. The maximum Gasteiger partial charge on any atom is 0.306 e. The Labute approximate surface area is 146 Å². The minimum atomic E-state index is -3.53. The van der Waals surface area contributed by atoms with Crippen LogP contribution in [0, 0.1) is 11.3 Å². The minimum Gasteiger partial charge on any atom is -0.383 e. The molecule has 0 aliphatic rings. The summed E-state index contributed by atoms with van der Waals surface area (Å²) in [4.78, 5) is 14.5. The van der Waals surface area contributed by atoms with Crippen LogP contribution >= 0.6 is 0 Å². The lowest BCUT2D eigenvalue weighted by atomic mass is 9.94. The summed E-state index contributed by atoms with van der Waals surface area (Å²) in [7, 11) is -3.53. The molecule has 0 unspecified atom stereocenters. The molecule has 1 amide bonds. The molecule has 6 heteroatoms. The Kier molecular flexibility index (Phi) is 6.84. The SMILES string of the molecule is CC(C)CCN(Cc1ccc(OS(C)(=O)=O)cc1)C(=O)C(C)(C)C. The predicted molar refractivity (Wildman–Crippen MR) is 96.2 cm³/mol. The van der Waals surface area contributed by atoms with Crippen LogP contribution in [0.2, 0.25) is 0 Å². The number of amides is 1. The van der Waals surface area contributed by atoms with E-state index in [2.05, 4.69) is 13.8 Å². The quantitative estimate of drug-likeness (QED) is 0.703. The molecule has 1 aromatic carbocycles. The van der Waals surface area contributed by atoms with E-state index in [1.165, 1.54) is 0 Å². The second-order valence-electron chi connectivity index (χ2n) is 7.59. The lowest BCUT2D eigenvalue weighted by Gasteiger charge is -2.30. The fourth-order valence-electron chi connectivity index (χ4n) is 2.19. The van der Waals surface area contributed by atoms with Crippen molar-refractivity contribution in [3.8, 4) is 5.75 Å². The molecule has 24 heavy (non-hydrogen) atoms.